The van der Waals surface area contributed by atoms with Crippen LogP contribution in [0.3, 0.4) is 0 Å². The summed E-state index contributed by atoms with van der Waals surface area (Å²) in [5, 5.41) is 4.90. The van der Waals surface area contributed by atoms with Gasteiger partial charge in [0.2, 0.25) is 10.0 Å². The van der Waals surface area contributed by atoms with Crippen LogP contribution >= 0.6 is 22.9 Å². The molecule has 3 aliphatic rings. The number of rotatable bonds is 8. The van der Waals surface area contributed by atoms with E-state index in [9.17, 15) is 22.4 Å². The highest BCUT2D eigenvalue weighted by molar-refractivity contribution is 7.89. The third-order valence-corrected chi connectivity index (χ3v) is 11.5. The van der Waals surface area contributed by atoms with Crippen molar-refractivity contribution in [1.29, 1.82) is 0 Å². The van der Waals surface area contributed by atoms with Crippen LogP contribution in [0, 0.1) is 17.7 Å². The van der Waals surface area contributed by atoms with E-state index in [1.54, 1.807) is 45.3 Å². The molecule has 0 bridgehead atoms. The van der Waals surface area contributed by atoms with E-state index in [2.05, 4.69) is 10.3 Å². The molecule has 238 valence electrons. The second kappa shape index (κ2) is 12.9. The van der Waals surface area contributed by atoms with Crippen molar-refractivity contribution in [3.05, 3.63) is 62.5 Å². The number of sulfonamides is 1. The molecule has 0 amide bonds. The fourth-order valence-electron chi connectivity index (χ4n) is 5.72. The van der Waals surface area contributed by atoms with Crippen molar-refractivity contribution >= 4 is 50.7 Å². The molecule has 1 aromatic carbocycles. The fourth-order valence-corrected chi connectivity index (χ4v) is 8.63. The number of carbonyl (C=O) groups excluding carboxylic acids is 2. The Morgan fingerprint density at radius 1 is 1.20 bits per heavy atom. The molecule has 1 saturated carbocycles. The fraction of sp³-hybridized carbons (Fsp3) is 0.533. The maximum Gasteiger partial charge on any atom is 0.338 e. The molecule has 0 radical (unpaired) electrons. The second-order valence-corrected chi connectivity index (χ2v) is 15.6. The monoisotopic (exact) mass is 666 g/mol. The number of nitrogens with zero attached hydrogens (tertiary/aromatic N) is 3. The molecule has 1 saturated heterocycles. The van der Waals surface area contributed by atoms with Gasteiger partial charge in [0.15, 0.2) is 10.8 Å². The Hall–Kier alpha value is -2.87. The first-order valence-corrected chi connectivity index (χ1v) is 17.4. The summed E-state index contributed by atoms with van der Waals surface area (Å²) in [4.78, 5) is 35.0. The van der Waals surface area contributed by atoms with Gasteiger partial charge < -0.3 is 14.8 Å². The number of hydrogen-bond donors (Lipinski definition) is 1. The molecule has 1 aliphatic carbocycles. The van der Waals surface area contributed by atoms with Crippen molar-refractivity contribution in [2.45, 2.75) is 70.3 Å². The van der Waals surface area contributed by atoms with Gasteiger partial charge in [-0.25, -0.2) is 26.9 Å². The van der Waals surface area contributed by atoms with E-state index in [0.717, 1.165) is 0 Å². The molecule has 0 spiro atoms. The molecular weight excluding hydrogens is 631 g/mol. The normalized spacial score (nSPS) is 23.4. The summed E-state index contributed by atoms with van der Waals surface area (Å²) < 4.78 is 53.9. The number of piperidine rings is 1. The summed E-state index contributed by atoms with van der Waals surface area (Å²) in [7, 11) is -3.63. The van der Waals surface area contributed by atoms with Crippen molar-refractivity contribution in [2.75, 3.05) is 19.7 Å². The predicted octanol–water partition coefficient (Wildman–Crippen LogP) is 5.01. The first-order chi connectivity index (χ1) is 20.8. The van der Waals surface area contributed by atoms with Crippen LogP contribution in [-0.2, 0) is 29.1 Å². The molecule has 3 heterocycles. The molecule has 2 aliphatic heterocycles. The van der Waals surface area contributed by atoms with Gasteiger partial charge in [0, 0.05) is 41.8 Å². The smallest absolute Gasteiger partial charge is 0.338 e. The number of esters is 2. The molecule has 1 N–H and O–H groups in total. The summed E-state index contributed by atoms with van der Waals surface area (Å²) in [6.07, 6.45) is 2.94. The van der Waals surface area contributed by atoms with E-state index in [1.165, 1.54) is 27.8 Å². The third kappa shape index (κ3) is 6.70. The lowest BCUT2D eigenvalue weighted by molar-refractivity contribution is -0.162. The van der Waals surface area contributed by atoms with E-state index < -0.39 is 44.6 Å². The minimum absolute atomic E-state index is 0.116. The number of carbonyl (C=O) groups is 2. The summed E-state index contributed by atoms with van der Waals surface area (Å²) in [6.45, 7) is 7.63. The van der Waals surface area contributed by atoms with Crippen molar-refractivity contribution in [3.8, 4) is 0 Å². The van der Waals surface area contributed by atoms with Gasteiger partial charge in [-0.3, -0.25) is 9.79 Å². The van der Waals surface area contributed by atoms with Crippen LogP contribution in [0.15, 0.2) is 46.0 Å². The van der Waals surface area contributed by atoms with E-state index in [1.807, 2.05) is 0 Å². The first kappa shape index (κ1) is 32.5. The van der Waals surface area contributed by atoms with E-state index in [0.29, 0.717) is 34.9 Å². The van der Waals surface area contributed by atoms with Gasteiger partial charge in [0.1, 0.15) is 17.5 Å². The van der Waals surface area contributed by atoms with Crippen LogP contribution in [0.2, 0.25) is 5.02 Å². The maximum atomic E-state index is 14.6. The number of allylic oxidation sites excluding steroid dienone is 1. The maximum absolute atomic E-state index is 14.6. The lowest BCUT2D eigenvalue weighted by Gasteiger charge is -2.40. The average molecular weight is 667 g/mol. The zero-order valence-electron chi connectivity index (χ0n) is 25.0. The van der Waals surface area contributed by atoms with Gasteiger partial charge in [-0.15, -0.1) is 11.3 Å². The van der Waals surface area contributed by atoms with Gasteiger partial charge >= 0.3 is 11.9 Å². The van der Waals surface area contributed by atoms with Crippen LogP contribution in [0.4, 0.5) is 4.39 Å². The van der Waals surface area contributed by atoms with Gasteiger partial charge in [-0.1, -0.05) is 23.7 Å². The van der Waals surface area contributed by atoms with Gasteiger partial charge in [0.25, 0.3) is 0 Å². The molecule has 1 atom stereocenters. The van der Waals surface area contributed by atoms with Crippen LogP contribution in [0.25, 0.3) is 0 Å². The molecule has 10 nitrogen and oxygen atoms in total. The molecule has 1 unspecified atom stereocenters. The second-order valence-electron chi connectivity index (χ2n) is 12.1. The van der Waals surface area contributed by atoms with Gasteiger partial charge in [-0.2, -0.15) is 0 Å². The van der Waals surface area contributed by atoms with Crippen molar-refractivity contribution < 1.29 is 31.9 Å². The molecule has 44 heavy (non-hydrogen) atoms. The lowest BCUT2D eigenvalue weighted by Crippen LogP contribution is -2.50. The first-order valence-electron chi connectivity index (χ1n) is 14.6. The Labute approximate surface area is 265 Å². The zero-order chi connectivity index (χ0) is 31.8. The molecule has 2 fully saturated rings. The minimum Gasteiger partial charge on any atom is -0.463 e. The van der Waals surface area contributed by atoms with E-state index >= 15 is 0 Å². The number of aliphatic imine (C=N–C) groups is 1. The average Bonchev–Trinajstić information content (AvgIpc) is 3.47. The molecule has 14 heteroatoms. The number of aromatic nitrogens is 1. The summed E-state index contributed by atoms with van der Waals surface area (Å²) >= 11 is 7.76. The van der Waals surface area contributed by atoms with Gasteiger partial charge in [-0.05, 0) is 59.4 Å². The van der Waals surface area contributed by atoms with E-state index in [4.69, 9.17) is 26.1 Å². The Bertz CT molecular complexity index is 1570. The quantitative estimate of drug-likeness (QED) is 0.390. The van der Waals surface area contributed by atoms with E-state index in [-0.39, 0.29) is 55.0 Å². The third-order valence-electron chi connectivity index (χ3n) is 7.96. The Kier molecular flexibility index (Phi) is 9.50. The number of ether oxygens (including phenoxy) is 2. The van der Waals surface area contributed by atoms with Crippen molar-refractivity contribution in [3.63, 3.8) is 0 Å². The van der Waals surface area contributed by atoms with Crippen molar-refractivity contribution in [1.82, 2.24) is 14.6 Å². The highest BCUT2D eigenvalue weighted by Gasteiger charge is 2.47. The Morgan fingerprint density at radius 2 is 1.91 bits per heavy atom. The highest BCUT2D eigenvalue weighted by atomic mass is 35.5. The molecule has 5 rings (SSSR count). The highest BCUT2D eigenvalue weighted by Crippen LogP contribution is 2.42. The molecular formula is C30H36ClFN4O6S2. The number of amidine groups is 1. The SMILES string of the molecule is CCOC(=O)C1=C(C2CCN(S(=O)(=O)C3CC(C(=O)OC(C)(C)C)C3)CC2)NC(c2nccs2)=NC1c1cccc(F)c1Cl. The number of nitrogens with one attached hydrogen (secondary N) is 1. The summed E-state index contributed by atoms with van der Waals surface area (Å²) in [5.74, 6) is -1.88. The lowest BCUT2D eigenvalue weighted by atomic mass is 9.85. The number of halogens is 2. The van der Waals surface area contributed by atoms with Crippen LogP contribution < -0.4 is 5.32 Å². The van der Waals surface area contributed by atoms with Crippen LogP contribution in [0.1, 0.15) is 70.0 Å². The topological polar surface area (TPSA) is 127 Å². The number of thiazole rings is 1. The number of hydrogen-bond acceptors (Lipinski definition) is 10. The Balaban J connectivity index is 1.39. The van der Waals surface area contributed by atoms with Crippen LogP contribution in [0.5, 0.6) is 0 Å². The predicted molar refractivity (Wildman–Crippen MR) is 165 cm³/mol. The zero-order valence-corrected chi connectivity index (χ0v) is 27.4. The summed E-state index contributed by atoms with van der Waals surface area (Å²) in [5.41, 5.74) is 0.434. The number of benzene rings is 1. The minimum atomic E-state index is -3.63. The summed E-state index contributed by atoms with van der Waals surface area (Å²) in [6, 6.07) is 3.41. The van der Waals surface area contributed by atoms with Crippen LogP contribution in [-0.4, -0.2) is 66.0 Å². The Morgan fingerprint density at radius 3 is 2.52 bits per heavy atom. The molecule has 2 aromatic rings. The van der Waals surface area contributed by atoms with Gasteiger partial charge in [0.05, 0.1) is 28.4 Å². The van der Waals surface area contributed by atoms with Crippen molar-refractivity contribution in [2.24, 2.45) is 16.8 Å². The largest absolute Gasteiger partial charge is 0.463 e. The standard InChI is InChI=1S/C30H36ClFN4O6S2/c1-5-41-29(38)22-24(34-26(27-33-11-14-43-27)35-25(22)20-7-6-8-21(32)23(20)31)17-9-12-36(13-10-17)44(39,40)19-15-18(16-19)28(37)42-30(2,3)4/h6-8,11,14,17-19,25H,5,9-10,12-13,15-16H2,1-4H3,(H,34,35). The molecule has 1 aromatic heterocycles.